The van der Waals surface area contributed by atoms with Gasteiger partial charge < -0.3 is 10.6 Å². The molecule has 1 aromatic heterocycles. The van der Waals surface area contributed by atoms with Crippen molar-refractivity contribution in [3.8, 4) is 0 Å². The zero-order valence-corrected chi connectivity index (χ0v) is 16.0. The van der Waals surface area contributed by atoms with E-state index in [0.717, 1.165) is 22.4 Å². The third-order valence-electron chi connectivity index (χ3n) is 4.08. The Bertz CT molecular complexity index is 1030. The normalized spacial score (nSPS) is 10.5. The largest absolute Gasteiger partial charge is 0.321 e. The lowest BCUT2D eigenvalue weighted by Crippen LogP contribution is -2.12. The smallest absolute Gasteiger partial charge is 0.266 e. The van der Waals surface area contributed by atoms with Crippen LogP contribution in [0.1, 0.15) is 36.7 Å². The highest BCUT2D eigenvalue weighted by Gasteiger charge is 2.16. The summed E-state index contributed by atoms with van der Waals surface area (Å²) in [5.74, 6) is -1.12. The number of benzene rings is 2. The average molecular weight is 382 g/mol. The summed E-state index contributed by atoms with van der Waals surface area (Å²) in [6.45, 7) is 5.75. The molecule has 6 heteroatoms. The van der Waals surface area contributed by atoms with Crippen LogP contribution in [0.15, 0.2) is 48.5 Å². The summed E-state index contributed by atoms with van der Waals surface area (Å²) in [5.41, 5.74) is 3.85. The topological polar surface area (TPSA) is 58.2 Å². The van der Waals surface area contributed by atoms with Gasteiger partial charge in [-0.25, -0.2) is 4.39 Å². The van der Waals surface area contributed by atoms with Crippen LogP contribution in [-0.4, -0.2) is 11.8 Å². The molecule has 4 nitrogen and oxygen atoms in total. The molecule has 3 rings (SSSR count). The molecule has 138 valence electrons. The van der Waals surface area contributed by atoms with Crippen molar-refractivity contribution in [1.82, 2.24) is 0 Å². The lowest BCUT2D eigenvalue weighted by Gasteiger charge is -2.08. The molecule has 0 saturated carbocycles. The molecule has 2 N–H and O–H groups in total. The first-order valence-electron chi connectivity index (χ1n) is 8.39. The maximum absolute atomic E-state index is 13.3. The van der Waals surface area contributed by atoms with E-state index in [-0.39, 0.29) is 11.5 Å². The molecule has 0 aliphatic carbocycles. The van der Waals surface area contributed by atoms with Crippen molar-refractivity contribution in [2.75, 3.05) is 10.6 Å². The Morgan fingerprint density at radius 3 is 2.37 bits per heavy atom. The number of carbonyl (C=O) groups excluding carboxylic acids is 2. The van der Waals surface area contributed by atoms with Gasteiger partial charge in [0.05, 0.1) is 9.88 Å². The van der Waals surface area contributed by atoms with Crippen molar-refractivity contribution in [3.63, 3.8) is 0 Å². The van der Waals surface area contributed by atoms with Gasteiger partial charge in [0, 0.05) is 11.3 Å². The highest BCUT2D eigenvalue weighted by molar-refractivity contribution is 7.18. The standard InChI is InChI=1S/C21H19FN2O2S/c1-12-7-8-17(13(2)9-12)23-21(26)19-14(3)10-18(27-19)24-20(25)15-5-4-6-16(22)11-15/h4-11H,1-3H3,(H,23,26)(H,24,25). The van der Waals surface area contributed by atoms with Gasteiger partial charge >= 0.3 is 0 Å². The molecular formula is C21H19FN2O2S. The van der Waals surface area contributed by atoms with Gasteiger partial charge in [-0.3, -0.25) is 9.59 Å². The van der Waals surface area contributed by atoms with Gasteiger partial charge in [0.25, 0.3) is 11.8 Å². The van der Waals surface area contributed by atoms with E-state index in [1.54, 1.807) is 6.07 Å². The third-order valence-corrected chi connectivity index (χ3v) is 5.23. The highest BCUT2D eigenvalue weighted by atomic mass is 32.1. The van der Waals surface area contributed by atoms with Crippen LogP contribution in [-0.2, 0) is 0 Å². The van der Waals surface area contributed by atoms with E-state index in [2.05, 4.69) is 10.6 Å². The van der Waals surface area contributed by atoms with Gasteiger partial charge in [-0.2, -0.15) is 0 Å². The van der Waals surface area contributed by atoms with Crippen LogP contribution in [0.2, 0.25) is 0 Å². The van der Waals surface area contributed by atoms with Gasteiger partial charge in [-0.1, -0.05) is 23.8 Å². The van der Waals surface area contributed by atoms with Crippen LogP contribution < -0.4 is 10.6 Å². The molecule has 0 saturated heterocycles. The zero-order valence-electron chi connectivity index (χ0n) is 15.2. The highest BCUT2D eigenvalue weighted by Crippen LogP contribution is 2.28. The minimum Gasteiger partial charge on any atom is -0.321 e. The van der Waals surface area contributed by atoms with E-state index in [1.165, 1.54) is 35.6 Å². The van der Waals surface area contributed by atoms with Crippen LogP contribution in [0, 0.1) is 26.6 Å². The quantitative estimate of drug-likeness (QED) is 0.642. The summed E-state index contributed by atoms with van der Waals surface area (Å²) in [6, 6.07) is 13.0. The van der Waals surface area contributed by atoms with Crippen LogP contribution >= 0.6 is 11.3 Å². The van der Waals surface area contributed by atoms with Crippen LogP contribution in [0.4, 0.5) is 15.1 Å². The van der Waals surface area contributed by atoms with Gasteiger partial charge in [0.15, 0.2) is 0 Å². The third kappa shape index (κ3) is 4.41. The summed E-state index contributed by atoms with van der Waals surface area (Å²) < 4.78 is 13.3. The molecule has 27 heavy (non-hydrogen) atoms. The maximum atomic E-state index is 13.3. The SMILES string of the molecule is Cc1ccc(NC(=O)c2sc(NC(=O)c3cccc(F)c3)cc2C)c(C)c1. The Morgan fingerprint density at radius 2 is 1.67 bits per heavy atom. The number of thiophene rings is 1. The van der Waals surface area contributed by atoms with E-state index in [0.29, 0.717) is 9.88 Å². The molecule has 3 aromatic rings. The lowest BCUT2D eigenvalue weighted by atomic mass is 10.1. The number of hydrogen-bond donors (Lipinski definition) is 2. The van der Waals surface area contributed by atoms with Crippen LogP contribution in [0.25, 0.3) is 0 Å². The Hall–Kier alpha value is -2.99. The fourth-order valence-electron chi connectivity index (χ4n) is 2.72. The molecule has 0 bridgehead atoms. The summed E-state index contributed by atoms with van der Waals surface area (Å²) >= 11 is 1.19. The van der Waals surface area contributed by atoms with Crippen molar-refractivity contribution in [2.24, 2.45) is 0 Å². The van der Waals surface area contributed by atoms with Crippen molar-refractivity contribution in [2.45, 2.75) is 20.8 Å². The maximum Gasteiger partial charge on any atom is 0.266 e. The summed E-state index contributed by atoms with van der Waals surface area (Å²) in [5, 5.41) is 6.16. The summed E-state index contributed by atoms with van der Waals surface area (Å²) in [6.07, 6.45) is 0. The molecule has 0 unspecified atom stereocenters. The number of amides is 2. The van der Waals surface area contributed by atoms with Gasteiger partial charge in [0.1, 0.15) is 5.82 Å². The predicted octanol–water partition coefficient (Wildman–Crippen LogP) is 5.32. The monoisotopic (exact) mass is 382 g/mol. The molecule has 2 aromatic carbocycles. The number of nitrogens with one attached hydrogen (secondary N) is 2. The molecule has 0 atom stereocenters. The summed E-state index contributed by atoms with van der Waals surface area (Å²) in [4.78, 5) is 25.4. The predicted molar refractivity (Wildman–Crippen MR) is 107 cm³/mol. The first-order valence-corrected chi connectivity index (χ1v) is 9.21. The number of halogens is 1. The van der Waals surface area contributed by atoms with E-state index in [9.17, 15) is 14.0 Å². The fraction of sp³-hybridized carbons (Fsp3) is 0.143. The van der Waals surface area contributed by atoms with Crippen molar-refractivity contribution >= 4 is 33.8 Å². The Labute approximate surface area is 161 Å². The van der Waals surface area contributed by atoms with Crippen molar-refractivity contribution in [3.05, 3.63) is 81.5 Å². The van der Waals surface area contributed by atoms with Crippen LogP contribution in [0.3, 0.4) is 0 Å². The second-order valence-electron chi connectivity index (χ2n) is 6.36. The molecule has 1 heterocycles. The van der Waals surface area contributed by atoms with E-state index < -0.39 is 11.7 Å². The number of rotatable bonds is 4. The Kier molecular flexibility index (Phi) is 5.37. The van der Waals surface area contributed by atoms with E-state index >= 15 is 0 Å². The van der Waals surface area contributed by atoms with Gasteiger partial charge in [-0.05, 0) is 62.2 Å². The molecule has 0 aliphatic rings. The van der Waals surface area contributed by atoms with Crippen molar-refractivity contribution in [1.29, 1.82) is 0 Å². The molecule has 0 spiro atoms. The first-order chi connectivity index (χ1) is 12.8. The first kappa shape index (κ1) is 18.8. The molecule has 0 fully saturated rings. The lowest BCUT2D eigenvalue weighted by molar-refractivity contribution is 0.101. The number of carbonyl (C=O) groups is 2. The molecule has 0 radical (unpaired) electrons. The summed E-state index contributed by atoms with van der Waals surface area (Å²) in [7, 11) is 0. The van der Waals surface area contributed by atoms with Gasteiger partial charge in [0.2, 0.25) is 0 Å². The Morgan fingerprint density at radius 1 is 0.889 bits per heavy atom. The number of anilines is 2. The van der Waals surface area contributed by atoms with Crippen molar-refractivity contribution < 1.29 is 14.0 Å². The second kappa shape index (κ2) is 7.72. The fourth-order valence-corrected chi connectivity index (χ4v) is 3.68. The van der Waals surface area contributed by atoms with E-state index in [1.807, 2.05) is 39.0 Å². The Balaban J connectivity index is 1.75. The minimum absolute atomic E-state index is 0.224. The van der Waals surface area contributed by atoms with Gasteiger partial charge in [-0.15, -0.1) is 11.3 Å². The number of aryl methyl sites for hydroxylation is 3. The molecule has 0 aliphatic heterocycles. The minimum atomic E-state index is -0.474. The molecular weight excluding hydrogens is 363 g/mol. The van der Waals surface area contributed by atoms with E-state index in [4.69, 9.17) is 0 Å². The van der Waals surface area contributed by atoms with Crippen LogP contribution in [0.5, 0.6) is 0 Å². The zero-order chi connectivity index (χ0) is 19.6. The molecule has 2 amide bonds. The average Bonchev–Trinajstić information content (AvgIpc) is 2.97. The second-order valence-corrected chi connectivity index (χ2v) is 7.41. The number of hydrogen-bond acceptors (Lipinski definition) is 3.